The van der Waals surface area contributed by atoms with Gasteiger partial charge in [0.2, 0.25) is 0 Å². The lowest BCUT2D eigenvalue weighted by Gasteiger charge is -2.32. The van der Waals surface area contributed by atoms with Gasteiger partial charge >= 0.3 is 7.12 Å². The summed E-state index contributed by atoms with van der Waals surface area (Å²) in [5.41, 5.74) is 2.52. The molecule has 0 radical (unpaired) electrons. The van der Waals surface area contributed by atoms with E-state index in [0.29, 0.717) is 6.61 Å². The Morgan fingerprint density at radius 2 is 1.54 bits per heavy atom. The molecular formula is C20H25BO3. The first-order chi connectivity index (χ1) is 11.3. The molecule has 0 saturated carbocycles. The maximum atomic E-state index is 6.20. The average Bonchev–Trinajstić information content (AvgIpc) is 2.75. The van der Waals surface area contributed by atoms with Crippen molar-refractivity contribution in [3.8, 4) is 5.75 Å². The second-order valence-electron chi connectivity index (χ2n) is 7.40. The van der Waals surface area contributed by atoms with Gasteiger partial charge in [-0.3, -0.25) is 0 Å². The minimum absolute atomic E-state index is 0.363. The normalized spacial score (nSPS) is 18.6. The van der Waals surface area contributed by atoms with Gasteiger partial charge in [-0.05, 0) is 46.2 Å². The Morgan fingerprint density at radius 3 is 2.17 bits per heavy atom. The molecule has 1 aliphatic heterocycles. The Balaban J connectivity index is 1.84. The van der Waals surface area contributed by atoms with Crippen LogP contribution in [0.5, 0.6) is 5.75 Å². The van der Waals surface area contributed by atoms with Gasteiger partial charge in [0.25, 0.3) is 0 Å². The second-order valence-corrected chi connectivity index (χ2v) is 7.40. The van der Waals surface area contributed by atoms with Gasteiger partial charge in [0.15, 0.2) is 0 Å². The molecule has 2 aromatic rings. The van der Waals surface area contributed by atoms with Crippen molar-refractivity contribution in [2.24, 2.45) is 0 Å². The summed E-state index contributed by atoms with van der Waals surface area (Å²) in [6.45, 7) is 10.8. The van der Waals surface area contributed by atoms with Crippen LogP contribution in [0.25, 0.3) is 0 Å². The molecule has 0 atom stereocenters. The van der Waals surface area contributed by atoms with E-state index in [1.54, 1.807) is 0 Å². The van der Waals surface area contributed by atoms with Gasteiger partial charge < -0.3 is 14.0 Å². The summed E-state index contributed by atoms with van der Waals surface area (Å²) in [5.74, 6) is 0.808. The molecule has 0 bridgehead atoms. The molecule has 1 heterocycles. The molecule has 126 valence electrons. The summed E-state index contributed by atoms with van der Waals surface area (Å²) >= 11 is 0. The third kappa shape index (κ3) is 3.35. The second kappa shape index (κ2) is 6.27. The van der Waals surface area contributed by atoms with E-state index >= 15 is 0 Å². The number of benzene rings is 2. The fraction of sp³-hybridized carbons (Fsp3) is 0.400. The van der Waals surface area contributed by atoms with Gasteiger partial charge in [-0.25, -0.2) is 0 Å². The third-order valence-electron chi connectivity index (χ3n) is 4.91. The minimum atomic E-state index is -0.416. The van der Waals surface area contributed by atoms with Crippen molar-refractivity contribution in [3.05, 3.63) is 59.7 Å². The zero-order valence-corrected chi connectivity index (χ0v) is 15.1. The molecule has 0 unspecified atom stereocenters. The van der Waals surface area contributed by atoms with Crippen molar-refractivity contribution >= 4 is 12.6 Å². The number of hydrogen-bond donors (Lipinski definition) is 0. The Morgan fingerprint density at radius 1 is 0.917 bits per heavy atom. The van der Waals surface area contributed by atoms with Crippen LogP contribution in [0.15, 0.2) is 48.5 Å². The van der Waals surface area contributed by atoms with Gasteiger partial charge in [0.1, 0.15) is 12.4 Å². The van der Waals surface area contributed by atoms with Crippen LogP contribution in [0, 0.1) is 6.92 Å². The molecule has 0 aliphatic carbocycles. The zero-order valence-electron chi connectivity index (χ0n) is 15.1. The summed E-state index contributed by atoms with van der Waals surface area (Å²) in [7, 11) is -0.416. The van der Waals surface area contributed by atoms with E-state index in [1.165, 1.54) is 0 Å². The molecule has 2 aromatic carbocycles. The predicted octanol–water partition coefficient (Wildman–Crippen LogP) is 3.87. The van der Waals surface area contributed by atoms with E-state index < -0.39 is 7.12 Å². The first kappa shape index (κ1) is 17.1. The number of rotatable bonds is 4. The van der Waals surface area contributed by atoms with Gasteiger partial charge in [0.05, 0.1) is 11.2 Å². The third-order valence-corrected chi connectivity index (χ3v) is 4.91. The SMILES string of the molecule is Cc1ccc(OCc2ccccc2)c(B2OC(C)(C)C(C)(C)O2)c1. The topological polar surface area (TPSA) is 27.7 Å². The Hall–Kier alpha value is -1.78. The van der Waals surface area contributed by atoms with Crippen LogP contribution in [0.1, 0.15) is 38.8 Å². The lowest BCUT2D eigenvalue weighted by atomic mass is 9.77. The van der Waals surface area contributed by atoms with Crippen molar-refractivity contribution in [1.82, 2.24) is 0 Å². The molecule has 1 saturated heterocycles. The number of hydrogen-bond acceptors (Lipinski definition) is 3. The predicted molar refractivity (Wildman–Crippen MR) is 97.7 cm³/mol. The monoisotopic (exact) mass is 324 g/mol. The van der Waals surface area contributed by atoms with Gasteiger partial charge in [-0.2, -0.15) is 0 Å². The van der Waals surface area contributed by atoms with E-state index in [1.807, 2.05) is 24.3 Å². The molecule has 0 N–H and O–H groups in total. The smallest absolute Gasteiger partial charge is 0.489 e. The fourth-order valence-electron chi connectivity index (χ4n) is 2.69. The van der Waals surface area contributed by atoms with E-state index in [0.717, 1.165) is 22.3 Å². The maximum absolute atomic E-state index is 6.20. The molecule has 4 heteroatoms. The summed E-state index contributed by atoms with van der Waals surface area (Å²) in [4.78, 5) is 0. The molecule has 3 rings (SSSR count). The van der Waals surface area contributed by atoms with E-state index in [9.17, 15) is 0 Å². The highest BCUT2D eigenvalue weighted by Crippen LogP contribution is 2.37. The van der Waals surface area contributed by atoms with Gasteiger partial charge in [-0.15, -0.1) is 0 Å². The molecule has 3 nitrogen and oxygen atoms in total. The van der Waals surface area contributed by atoms with Crippen LogP contribution < -0.4 is 10.2 Å². The highest BCUT2D eigenvalue weighted by atomic mass is 16.7. The molecular weight excluding hydrogens is 299 g/mol. The van der Waals surface area contributed by atoms with Crippen LogP contribution in [-0.2, 0) is 15.9 Å². The van der Waals surface area contributed by atoms with Crippen molar-refractivity contribution in [2.45, 2.75) is 52.4 Å². The Labute approximate surface area is 145 Å². The first-order valence-electron chi connectivity index (χ1n) is 8.41. The summed E-state index contributed by atoms with van der Waals surface area (Å²) in [6, 6.07) is 16.3. The lowest BCUT2D eigenvalue weighted by molar-refractivity contribution is 0.00578. The lowest BCUT2D eigenvalue weighted by Crippen LogP contribution is -2.41. The summed E-state index contributed by atoms with van der Waals surface area (Å²) < 4.78 is 18.5. The molecule has 0 aromatic heterocycles. The fourth-order valence-corrected chi connectivity index (χ4v) is 2.69. The van der Waals surface area contributed by atoms with E-state index in [2.05, 4.69) is 58.9 Å². The highest BCUT2D eigenvalue weighted by molar-refractivity contribution is 6.63. The van der Waals surface area contributed by atoms with Crippen LogP contribution >= 0.6 is 0 Å². The average molecular weight is 324 g/mol. The van der Waals surface area contributed by atoms with Crippen LogP contribution in [0.4, 0.5) is 0 Å². The molecule has 24 heavy (non-hydrogen) atoms. The number of ether oxygens (including phenoxy) is 1. The molecule has 1 fully saturated rings. The summed E-state index contributed by atoms with van der Waals surface area (Å²) in [6.07, 6.45) is 0. The highest BCUT2D eigenvalue weighted by Gasteiger charge is 2.52. The van der Waals surface area contributed by atoms with Gasteiger partial charge in [-0.1, -0.05) is 48.0 Å². The van der Waals surface area contributed by atoms with Crippen LogP contribution in [0.2, 0.25) is 0 Å². The first-order valence-corrected chi connectivity index (χ1v) is 8.41. The van der Waals surface area contributed by atoms with Crippen molar-refractivity contribution in [1.29, 1.82) is 0 Å². The summed E-state index contributed by atoms with van der Waals surface area (Å²) in [5, 5.41) is 0. The van der Waals surface area contributed by atoms with E-state index in [4.69, 9.17) is 14.0 Å². The quantitative estimate of drug-likeness (QED) is 0.799. The van der Waals surface area contributed by atoms with Crippen LogP contribution in [-0.4, -0.2) is 18.3 Å². The standard InChI is InChI=1S/C20H25BO3/c1-15-11-12-18(22-14-16-9-7-6-8-10-16)17(13-15)21-23-19(2,3)20(4,5)24-21/h6-13H,14H2,1-5H3. The molecule has 1 aliphatic rings. The number of aryl methyl sites for hydroxylation is 1. The molecule has 0 amide bonds. The van der Waals surface area contributed by atoms with Crippen molar-refractivity contribution in [3.63, 3.8) is 0 Å². The largest absolute Gasteiger partial charge is 0.498 e. The molecule has 0 spiro atoms. The van der Waals surface area contributed by atoms with Crippen LogP contribution in [0.3, 0.4) is 0 Å². The van der Waals surface area contributed by atoms with Crippen molar-refractivity contribution < 1.29 is 14.0 Å². The zero-order chi connectivity index (χ0) is 17.4. The minimum Gasteiger partial charge on any atom is -0.489 e. The maximum Gasteiger partial charge on any atom is 0.498 e. The Kier molecular flexibility index (Phi) is 4.45. The Bertz CT molecular complexity index is 694. The van der Waals surface area contributed by atoms with Gasteiger partial charge in [0, 0.05) is 5.46 Å². The van der Waals surface area contributed by atoms with E-state index in [-0.39, 0.29) is 11.2 Å². The van der Waals surface area contributed by atoms with Crippen molar-refractivity contribution in [2.75, 3.05) is 0 Å².